The number of likely N-dealkylation sites (tertiary alicyclic amines) is 1. The largest absolute Gasteiger partial charge is 0.508 e. The Balaban J connectivity index is 1.86. The average molecular weight is 250 g/mol. The summed E-state index contributed by atoms with van der Waals surface area (Å²) in [6.07, 6.45) is 0.975. The van der Waals surface area contributed by atoms with Crippen LogP contribution in [-0.4, -0.2) is 41.6 Å². The summed E-state index contributed by atoms with van der Waals surface area (Å²) in [5, 5.41) is 12.4. The Bertz CT molecular complexity index is 492. The minimum Gasteiger partial charge on any atom is -0.508 e. The van der Waals surface area contributed by atoms with Crippen LogP contribution >= 0.6 is 0 Å². The van der Waals surface area contributed by atoms with Crippen molar-refractivity contribution in [2.75, 3.05) is 19.6 Å². The number of hydrogen-bond donors (Lipinski definition) is 2. The van der Waals surface area contributed by atoms with Crippen molar-refractivity contribution in [3.8, 4) is 5.75 Å². The van der Waals surface area contributed by atoms with Crippen LogP contribution in [0.1, 0.15) is 16.8 Å². The Morgan fingerprint density at radius 1 is 1.44 bits per heavy atom. The lowest BCUT2D eigenvalue weighted by molar-refractivity contribution is 0.0732. The normalized spacial score (nSPS) is 26.4. The number of aromatic hydroxyl groups is 1. The van der Waals surface area contributed by atoms with Gasteiger partial charge in [-0.25, -0.2) is 4.39 Å². The maximum atomic E-state index is 13.7. The van der Waals surface area contributed by atoms with E-state index in [4.69, 9.17) is 5.11 Å². The zero-order valence-corrected chi connectivity index (χ0v) is 9.90. The molecule has 0 bridgehead atoms. The minimum absolute atomic E-state index is 0.0420. The number of phenols is 1. The van der Waals surface area contributed by atoms with Gasteiger partial charge in [-0.05, 0) is 24.5 Å². The molecule has 2 saturated heterocycles. The molecule has 0 saturated carbocycles. The lowest BCUT2D eigenvalue weighted by Crippen LogP contribution is -2.39. The van der Waals surface area contributed by atoms with Gasteiger partial charge in [-0.15, -0.1) is 0 Å². The summed E-state index contributed by atoms with van der Waals surface area (Å²) in [6.45, 7) is 2.42. The van der Waals surface area contributed by atoms with E-state index in [-0.39, 0.29) is 23.3 Å². The number of fused-ring (bicyclic) bond motifs is 1. The van der Waals surface area contributed by atoms with Crippen molar-refractivity contribution in [3.05, 3.63) is 29.6 Å². The van der Waals surface area contributed by atoms with Gasteiger partial charge in [0.2, 0.25) is 0 Å². The maximum Gasteiger partial charge on any atom is 0.257 e. The Hall–Kier alpha value is -1.62. The molecule has 0 spiro atoms. The summed E-state index contributed by atoms with van der Waals surface area (Å²) >= 11 is 0. The molecule has 0 aliphatic carbocycles. The van der Waals surface area contributed by atoms with Crippen molar-refractivity contribution in [2.24, 2.45) is 5.92 Å². The molecule has 2 aliphatic rings. The second-order valence-corrected chi connectivity index (χ2v) is 4.94. The highest BCUT2D eigenvalue weighted by molar-refractivity contribution is 5.95. The molecule has 2 fully saturated rings. The smallest absolute Gasteiger partial charge is 0.257 e. The van der Waals surface area contributed by atoms with Gasteiger partial charge in [0.05, 0.1) is 5.56 Å². The van der Waals surface area contributed by atoms with E-state index in [1.165, 1.54) is 12.1 Å². The van der Waals surface area contributed by atoms with Crippen LogP contribution in [0.3, 0.4) is 0 Å². The van der Waals surface area contributed by atoms with Gasteiger partial charge in [0.15, 0.2) is 0 Å². The van der Waals surface area contributed by atoms with E-state index in [1.54, 1.807) is 4.90 Å². The van der Waals surface area contributed by atoms with Gasteiger partial charge in [-0.3, -0.25) is 4.79 Å². The zero-order valence-electron chi connectivity index (χ0n) is 9.90. The number of benzene rings is 1. The van der Waals surface area contributed by atoms with Crippen LogP contribution in [0.4, 0.5) is 4.39 Å². The Kier molecular flexibility index (Phi) is 2.70. The van der Waals surface area contributed by atoms with Gasteiger partial charge in [0, 0.05) is 31.7 Å². The van der Waals surface area contributed by atoms with Crippen LogP contribution in [0.5, 0.6) is 5.75 Å². The van der Waals surface area contributed by atoms with E-state index in [2.05, 4.69) is 5.32 Å². The molecule has 1 aromatic carbocycles. The molecule has 2 atom stereocenters. The molecular weight excluding hydrogens is 235 g/mol. The molecule has 0 radical (unpaired) electrons. The summed E-state index contributed by atoms with van der Waals surface area (Å²) < 4.78 is 13.7. The van der Waals surface area contributed by atoms with Gasteiger partial charge >= 0.3 is 0 Å². The summed E-state index contributed by atoms with van der Waals surface area (Å²) in [4.78, 5) is 14.0. The molecule has 1 amide bonds. The van der Waals surface area contributed by atoms with Crippen LogP contribution < -0.4 is 5.32 Å². The fourth-order valence-electron chi connectivity index (χ4n) is 2.93. The Labute approximate surface area is 104 Å². The average Bonchev–Trinajstić information content (AvgIpc) is 2.89. The van der Waals surface area contributed by atoms with Crippen molar-refractivity contribution in [1.82, 2.24) is 10.2 Å². The first-order valence-electron chi connectivity index (χ1n) is 6.17. The van der Waals surface area contributed by atoms with E-state index in [9.17, 15) is 9.18 Å². The van der Waals surface area contributed by atoms with Crippen molar-refractivity contribution >= 4 is 5.91 Å². The molecule has 96 valence electrons. The summed E-state index contributed by atoms with van der Waals surface area (Å²) in [5.74, 6) is -0.599. The molecule has 0 aromatic heterocycles. The number of hydrogen-bond acceptors (Lipinski definition) is 3. The molecule has 18 heavy (non-hydrogen) atoms. The van der Waals surface area contributed by atoms with Crippen molar-refractivity contribution in [2.45, 2.75) is 12.5 Å². The first kappa shape index (κ1) is 11.5. The predicted octanol–water partition coefficient (Wildman–Crippen LogP) is 0.965. The molecule has 2 heterocycles. The predicted molar refractivity (Wildman–Crippen MR) is 63.9 cm³/mol. The maximum absolute atomic E-state index is 13.7. The molecule has 2 aliphatic heterocycles. The molecule has 1 aromatic rings. The third-order valence-electron chi connectivity index (χ3n) is 3.89. The van der Waals surface area contributed by atoms with Gasteiger partial charge in [0.25, 0.3) is 5.91 Å². The highest BCUT2D eigenvalue weighted by atomic mass is 19.1. The number of phenolic OH excluding ortho intramolecular Hbond substituents is 1. The molecule has 3 rings (SSSR count). The topological polar surface area (TPSA) is 52.6 Å². The minimum atomic E-state index is -0.658. The third kappa shape index (κ3) is 1.75. The fraction of sp³-hybridized carbons (Fsp3) is 0.462. The lowest BCUT2D eigenvalue weighted by Gasteiger charge is -2.23. The first-order chi connectivity index (χ1) is 8.66. The molecule has 0 unspecified atom stereocenters. The van der Waals surface area contributed by atoms with Crippen molar-refractivity contribution in [3.63, 3.8) is 0 Å². The molecular formula is C13H15FN2O2. The molecule has 4 nitrogen and oxygen atoms in total. The van der Waals surface area contributed by atoms with Gasteiger partial charge in [0.1, 0.15) is 11.6 Å². The number of rotatable bonds is 1. The van der Waals surface area contributed by atoms with Crippen LogP contribution in [0.15, 0.2) is 18.2 Å². The molecule has 5 heteroatoms. The van der Waals surface area contributed by atoms with E-state index < -0.39 is 5.82 Å². The van der Waals surface area contributed by atoms with Gasteiger partial charge < -0.3 is 15.3 Å². The number of amides is 1. The van der Waals surface area contributed by atoms with Gasteiger partial charge in [-0.2, -0.15) is 0 Å². The summed E-state index contributed by atoms with van der Waals surface area (Å²) in [7, 11) is 0. The van der Waals surface area contributed by atoms with Crippen molar-refractivity contribution < 1.29 is 14.3 Å². The lowest BCUT2D eigenvalue weighted by atomic mass is 10.0. The number of halogens is 1. The third-order valence-corrected chi connectivity index (χ3v) is 3.89. The number of carbonyl (C=O) groups excluding carboxylic acids is 1. The summed E-state index contributed by atoms with van der Waals surface area (Å²) in [6, 6.07) is 3.86. The highest BCUT2D eigenvalue weighted by Gasteiger charge is 2.40. The number of carbonyl (C=O) groups is 1. The SMILES string of the molecule is O=C(c1ccc(O)cc1F)N1CC[C@H]2CNC[C@H]21. The Morgan fingerprint density at radius 3 is 3.06 bits per heavy atom. The summed E-state index contributed by atoms with van der Waals surface area (Å²) in [5.41, 5.74) is 0.0420. The standard InChI is InChI=1S/C13H15FN2O2/c14-11-5-9(17)1-2-10(11)13(18)16-4-3-8-6-15-7-12(8)16/h1-2,5,8,12,15,17H,3-4,6-7H2/t8-,12+/m0/s1. The van der Waals surface area contributed by atoms with Crippen molar-refractivity contribution in [1.29, 1.82) is 0 Å². The monoisotopic (exact) mass is 250 g/mol. The van der Waals surface area contributed by atoms with Crippen LogP contribution in [0, 0.1) is 11.7 Å². The number of nitrogens with zero attached hydrogens (tertiary/aromatic N) is 1. The van der Waals surface area contributed by atoms with E-state index in [1.807, 2.05) is 0 Å². The van der Waals surface area contributed by atoms with Crippen LogP contribution in [0.25, 0.3) is 0 Å². The van der Waals surface area contributed by atoms with E-state index >= 15 is 0 Å². The number of nitrogens with one attached hydrogen (secondary N) is 1. The quantitative estimate of drug-likeness (QED) is 0.780. The molecule has 2 N–H and O–H groups in total. The first-order valence-corrected chi connectivity index (χ1v) is 6.17. The highest BCUT2D eigenvalue weighted by Crippen LogP contribution is 2.29. The zero-order chi connectivity index (χ0) is 12.7. The van der Waals surface area contributed by atoms with E-state index in [0.29, 0.717) is 12.5 Å². The second kappa shape index (κ2) is 4.24. The van der Waals surface area contributed by atoms with E-state index in [0.717, 1.165) is 25.6 Å². The van der Waals surface area contributed by atoms with Crippen LogP contribution in [0.2, 0.25) is 0 Å². The van der Waals surface area contributed by atoms with Crippen LogP contribution in [-0.2, 0) is 0 Å². The van der Waals surface area contributed by atoms with Gasteiger partial charge in [-0.1, -0.05) is 0 Å². The fourth-order valence-corrected chi connectivity index (χ4v) is 2.93. The Morgan fingerprint density at radius 2 is 2.28 bits per heavy atom. The second-order valence-electron chi connectivity index (χ2n) is 4.94.